The molecule has 0 saturated heterocycles. The summed E-state index contributed by atoms with van der Waals surface area (Å²) in [6.07, 6.45) is 6.63. The Morgan fingerprint density at radius 2 is 2.00 bits per heavy atom. The normalized spacial score (nSPS) is 12.5. The lowest BCUT2D eigenvalue weighted by molar-refractivity contribution is 0.591. The van der Waals surface area contributed by atoms with Crippen LogP contribution in [0, 0.1) is 12.7 Å². The van der Waals surface area contributed by atoms with E-state index in [1.165, 1.54) is 22.2 Å². The molecule has 0 aliphatic heterocycles. The van der Waals surface area contributed by atoms with Gasteiger partial charge in [-0.2, -0.15) is 0 Å². The Bertz CT molecular complexity index is 760. The summed E-state index contributed by atoms with van der Waals surface area (Å²) in [6, 6.07) is 5.84. The first-order valence-corrected chi connectivity index (χ1v) is 8.72. The Hall–Kier alpha value is -1.62. The molecule has 0 atom stereocenters. The molecule has 3 nitrogen and oxygen atoms in total. The molecule has 1 aromatic carbocycles. The molecule has 0 bridgehead atoms. The first-order chi connectivity index (χ1) is 9.95. The minimum Gasteiger partial charge on any atom is -0.242 e. The smallest absolute Gasteiger partial charge is 0.242 e. The van der Waals surface area contributed by atoms with Gasteiger partial charge < -0.3 is 0 Å². The van der Waals surface area contributed by atoms with E-state index >= 15 is 0 Å². The van der Waals surface area contributed by atoms with Crippen LogP contribution < -0.4 is 0 Å². The number of hydrogen-bond acceptors (Lipinski definition) is 2. The van der Waals surface area contributed by atoms with Gasteiger partial charge in [-0.25, -0.2) is 16.8 Å². The first kappa shape index (κ1) is 15.8. The second-order valence-electron chi connectivity index (χ2n) is 5.15. The monoisotopic (exact) mass is 309 g/mol. The number of allylic oxidation sites excluding steroid dienone is 1. The van der Waals surface area contributed by atoms with E-state index in [1.807, 2.05) is 6.08 Å². The topological polar surface area (TPSA) is 39.1 Å². The highest BCUT2D eigenvalue weighted by Gasteiger charge is 2.17. The van der Waals surface area contributed by atoms with Gasteiger partial charge in [-0.1, -0.05) is 31.9 Å². The number of nitrogens with zero attached hydrogens (tertiary/aromatic N) is 1. The lowest BCUT2D eigenvalue weighted by Crippen LogP contribution is -2.16. The maximum absolute atomic E-state index is 13.2. The SMILES string of the molecule is CCCCC=CCS(=O)(=O)n1c(C)cc2cc(F)ccc21. The molecule has 114 valence electrons. The number of hydrogen-bond donors (Lipinski definition) is 0. The molecule has 0 spiro atoms. The average Bonchev–Trinajstić information content (AvgIpc) is 2.74. The summed E-state index contributed by atoms with van der Waals surface area (Å²) in [7, 11) is -3.47. The van der Waals surface area contributed by atoms with Crippen LogP contribution in [0.2, 0.25) is 0 Å². The van der Waals surface area contributed by atoms with Gasteiger partial charge in [0.1, 0.15) is 5.82 Å². The Labute approximate surface area is 125 Å². The van der Waals surface area contributed by atoms with Crippen molar-refractivity contribution in [2.75, 3.05) is 5.75 Å². The van der Waals surface area contributed by atoms with E-state index in [2.05, 4.69) is 6.92 Å². The van der Waals surface area contributed by atoms with E-state index in [-0.39, 0.29) is 11.6 Å². The zero-order valence-electron chi connectivity index (χ0n) is 12.3. The number of fused-ring (bicyclic) bond motifs is 1. The summed E-state index contributed by atoms with van der Waals surface area (Å²) < 4.78 is 39.5. The maximum Gasteiger partial charge on any atom is 0.242 e. The van der Waals surface area contributed by atoms with Crippen LogP contribution in [0.15, 0.2) is 36.4 Å². The molecule has 21 heavy (non-hydrogen) atoms. The van der Waals surface area contributed by atoms with Crippen molar-refractivity contribution in [1.29, 1.82) is 0 Å². The molecule has 0 aliphatic rings. The third-order valence-corrected chi connectivity index (χ3v) is 5.02. The molecule has 2 aromatic rings. The highest BCUT2D eigenvalue weighted by Crippen LogP contribution is 2.22. The zero-order valence-corrected chi connectivity index (χ0v) is 13.2. The zero-order chi connectivity index (χ0) is 15.5. The Morgan fingerprint density at radius 3 is 2.71 bits per heavy atom. The van der Waals surface area contributed by atoms with Gasteiger partial charge in [-0.05, 0) is 37.6 Å². The number of halogens is 1. The fraction of sp³-hybridized carbons (Fsp3) is 0.375. The van der Waals surface area contributed by atoms with Crippen LogP contribution in [0.25, 0.3) is 10.9 Å². The van der Waals surface area contributed by atoms with Crippen LogP contribution in [0.5, 0.6) is 0 Å². The third-order valence-electron chi connectivity index (χ3n) is 3.37. The second kappa shape index (κ2) is 6.43. The minimum absolute atomic E-state index is 0.0429. The number of aryl methyl sites for hydroxylation is 1. The fourth-order valence-electron chi connectivity index (χ4n) is 2.37. The quantitative estimate of drug-likeness (QED) is 0.597. The summed E-state index contributed by atoms with van der Waals surface area (Å²) in [5, 5.41) is 0.603. The molecule has 1 aromatic heterocycles. The fourth-order valence-corrected chi connectivity index (χ4v) is 3.86. The lowest BCUT2D eigenvalue weighted by atomic mass is 10.2. The number of rotatable bonds is 6. The van der Waals surface area contributed by atoms with Gasteiger partial charge in [0.05, 0.1) is 11.3 Å². The van der Waals surface area contributed by atoms with Gasteiger partial charge in [0.2, 0.25) is 10.0 Å². The number of aromatic nitrogens is 1. The summed E-state index contributed by atoms with van der Waals surface area (Å²) in [6.45, 7) is 3.81. The van der Waals surface area contributed by atoms with Gasteiger partial charge >= 0.3 is 0 Å². The van der Waals surface area contributed by atoms with E-state index < -0.39 is 10.0 Å². The van der Waals surface area contributed by atoms with E-state index in [1.54, 1.807) is 19.1 Å². The molecule has 1 heterocycles. The molecule has 0 unspecified atom stereocenters. The van der Waals surface area contributed by atoms with Crippen LogP contribution in [-0.2, 0) is 10.0 Å². The molecule has 5 heteroatoms. The largest absolute Gasteiger partial charge is 0.242 e. The molecular formula is C16H20FNO2S. The molecule has 0 N–H and O–H groups in total. The molecule has 0 amide bonds. The van der Waals surface area contributed by atoms with Gasteiger partial charge in [0.15, 0.2) is 0 Å². The van der Waals surface area contributed by atoms with Gasteiger partial charge in [-0.3, -0.25) is 0 Å². The highest BCUT2D eigenvalue weighted by molar-refractivity contribution is 7.90. The van der Waals surface area contributed by atoms with Crippen LogP contribution in [0.4, 0.5) is 4.39 Å². The maximum atomic E-state index is 13.2. The molecular weight excluding hydrogens is 289 g/mol. The summed E-state index contributed by atoms with van der Waals surface area (Å²) in [5.41, 5.74) is 1.12. The van der Waals surface area contributed by atoms with Crippen LogP contribution in [0.3, 0.4) is 0 Å². The molecule has 0 radical (unpaired) electrons. The summed E-state index contributed by atoms with van der Waals surface area (Å²) in [4.78, 5) is 0. The molecule has 0 saturated carbocycles. The Balaban J connectivity index is 2.32. The van der Waals surface area contributed by atoms with Crippen molar-refractivity contribution in [2.24, 2.45) is 0 Å². The molecule has 2 rings (SSSR count). The van der Waals surface area contributed by atoms with Crippen molar-refractivity contribution in [3.63, 3.8) is 0 Å². The van der Waals surface area contributed by atoms with Crippen LogP contribution in [-0.4, -0.2) is 18.1 Å². The van der Waals surface area contributed by atoms with Gasteiger partial charge in [-0.15, -0.1) is 0 Å². The van der Waals surface area contributed by atoms with E-state index in [0.29, 0.717) is 16.6 Å². The summed E-state index contributed by atoms with van der Waals surface area (Å²) in [5.74, 6) is -0.407. The van der Waals surface area contributed by atoms with Crippen molar-refractivity contribution < 1.29 is 12.8 Å². The number of unbranched alkanes of at least 4 members (excludes halogenated alkanes) is 2. The van der Waals surface area contributed by atoms with Crippen LogP contribution in [0.1, 0.15) is 31.9 Å². The standard InChI is InChI=1S/C16H20FNO2S/c1-3-4-5-6-7-10-21(19,20)18-13(2)11-14-12-15(17)8-9-16(14)18/h6-9,11-12H,3-5,10H2,1-2H3. The Morgan fingerprint density at radius 1 is 1.24 bits per heavy atom. The molecule has 0 aliphatic carbocycles. The highest BCUT2D eigenvalue weighted by atomic mass is 32.2. The van der Waals surface area contributed by atoms with Crippen molar-refractivity contribution in [1.82, 2.24) is 3.97 Å². The third kappa shape index (κ3) is 3.53. The predicted molar refractivity (Wildman–Crippen MR) is 84.5 cm³/mol. The minimum atomic E-state index is -3.47. The predicted octanol–water partition coefficient (Wildman–Crippen LogP) is 4.01. The summed E-state index contributed by atoms with van der Waals surface area (Å²) >= 11 is 0. The van der Waals surface area contributed by atoms with Gasteiger partial charge in [0.25, 0.3) is 0 Å². The average molecular weight is 309 g/mol. The first-order valence-electron chi connectivity index (χ1n) is 7.11. The van der Waals surface area contributed by atoms with Crippen LogP contribution >= 0.6 is 0 Å². The second-order valence-corrected chi connectivity index (χ2v) is 7.01. The van der Waals surface area contributed by atoms with Crippen molar-refractivity contribution in [2.45, 2.75) is 33.1 Å². The number of benzene rings is 1. The van der Waals surface area contributed by atoms with E-state index in [9.17, 15) is 12.8 Å². The van der Waals surface area contributed by atoms with E-state index in [4.69, 9.17) is 0 Å². The lowest BCUT2D eigenvalue weighted by Gasteiger charge is -2.08. The molecule has 0 fully saturated rings. The van der Waals surface area contributed by atoms with Crippen molar-refractivity contribution >= 4 is 20.9 Å². The van der Waals surface area contributed by atoms with E-state index in [0.717, 1.165) is 19.3 Å². The van der Waals surface area contributed by atoms with Crippen molar-refractivity contribution in [3.8, 4) is 0 Å². The Kier molecular flexibility index (Phi) is 4.83. The van der Waals surface area contributed by atoms with Crippen molar-refractivity contribution in [3.05, 3.63) is 47.9 Å². The van der Waals surface area contributed by atoms with Gasteiger partial charge in [0, 0.05) is 11.1 Å².